The minimum absolute atomic E-state index is 0.260. The average molecular weight is 288 g/mol. The minimum Gasteiger partial charge on any atom is -0.468 e. The lowest BCUT2D eigenvalue weighted by Crippen LogP contribution is -2.47. The summed E-state index contributed by atoms with van der Waals surface area (Å²) < 4.78 is 4.86. The van der Waals surface area contributed by atoms with Gasteiger partial charge in [-0.25, -0.2) is 0 Å². The summed E-state index contributed by atoms with van der Waals surface area (Å²) in [6, 6.07) is 11.1. The molecule has 1 aliphatic carbocycles. The van der Waals surface area contributed by atoms with Gasteiger partial charge in [-0.05, 0) is 43.7 Å². The highest BCUT2D eigenvalue weighted by molar-refractivity contribution is 5.81. The van der Waals surface area contributed by atoms with E-state index in [1.807, 2.05) is 0 Å². The molecule has 0 amide bonds. The SMILES string of the molecule is COC(=O)C1(N)CCC(N2CCC(c3ccccc3)C2)C1. The Labute approximate surface area is 126 Å². The molecule has 4 nitrogen and oxygen atoms in total. The Balaban J connectivity index is 1.62. The Hall–Kier alpha value is -1.39. The fourth-order valence-corrected chi connectivity index (χ4v) is 3.87. The molecule has 114 valence electrons. The number of benzene rings is 1. The van der Waals surface area contributed by atoms with Crippen molar-refractivity contribution in [2.45, 2.75) is 43.2 Å². The molecule has 3 unspecified atom stereocenters. The summed E-state index contributed by atoms with van der Waals surface area (Å²) >= 11 is 0. The van der Waals surface area contributed by atoms with Crippen molar-refractivity contribution in [3.8, 4) is 0 Å². The topological polar surface area (TPSA) is 55.6 Å². The van der Waals surface area contributed by atoms with Crippen LogP contribution < -0.4 is 5.73 Å². The molecule has 1 saturated carbocycles. The number of rotatable bonds is 3. The second kappa shape index (κ2) is 5.78. The Morgan fingerprint density at radius 3 is 2.81 bits per heavy atom. The van der Waals surface area contributed by atoms with Crippen molar-refractivity contribution < 1.29 is 9.53 Å². The molecule has 1 saturated heterocycles. The van der Waals surface area contributed by atoms with Gasteiger partial charge in [-0.15, -0.1) is 0 Å². The Morgan fingerprint density at radius 2 is 2.10 bits per heavy atom. The normalized spacial score (nSPS) is 33.2. The van der Waals surface area contributed by atoms with Crippen LogP contribution in [0, 0.1) is 0 Å². The van der Waals surface area contributed by atoms with E-state index in [4.69, 9.17) is 10.5 Å². The lowest BCUT2D eigenvalue weighted by Gasteiger charge is -2.26. The first-order valence-corrected chi connectivity index (χ1v) is 7.79. The van der Waals surface area contributed by atoms with Crippen LogP contribution in [0.15, 0.2) is 30.3 Å². The Morgan fingerprint density at radius 1 is 1.33 bits per heavy atom. The molecule has 2 fully saturated rings. The van der Waals surface area contributed by atoms with Gasteiger partial charge in [0.2, 0.25) is 0 Å². The first-order chi connectivity index (χ1) is 10.1. The van der Waals surface area contributed by atoms with Crippen molar-refractivity contribution in [2.75, 3.05) is 20.2 Å². The third-order valence-corrected chi connectivity index (χ3v) is 5.12. The van der Waals surface area contributed by atoms with Gasteiger partial charge >= 0.3 is 5.97 Å². The molecule has 2 aliphatic rings. The van der Waals surface area contributed by atoms with Gasteiger partial charge in [-0.2, -0.15) is 0 Å². The minimum atomic E-state index is -0.774. The van der Waals surface area contributed by atoms with Crippen LogP contribution >= 0.6 is 0 Å². The molecule has 3 rings (SSSR count). The van der Waals surface area contributed by atoms with Crippen molar-refractivity contribution in [1.29, 1.82) is 0 Å². The number of carbonyl (C=O) groups is 1. The molecule has 21 heavy (non-hydrogen) atoms. The largest absolute Gasteiger partial charge is 0.468 e. The maximum absolute atomic E-state index is 11.8. The maximum atomic E-state index is 11.8. The number of ether oxygens (including phenoxy) is 1. The predicted octanol–water partition coefficient (Wildman–Crippen LogP) is 1.90. The van der Waals surface area contributed by atoms with Crippen molar-refractivity contribution in [1.82, 2.24) is 4.90 Å². The quantitative estimate of drug-likeness (QED) is 0.863. The number of hydrogen-bond acceptors (Lipinski definition) is 4. The van der Waals surface area contributed by atoms with E-state index in [0.29, 0.717) is 12.0 Å². The highest BCUT2D eigenvalue weighted by atomic mass is 16.5. The van der Waals surface area contributed by atoms with E-state index in [2.05, 4.69) is 35.2 Å². The monoisotopic (exact) mass is 288 g/mol. The molecule has 0 aromatic heterocycles. The summed E-state index contributed by atoms with van der Waals surface area (Å²) in [6.07, 6.45) is 3.64. The zero-order valence-electron chi connectivity index (χ0n) is 12.6. The number of likely N-dealkylation sites (tertiary alicyclic amines) is 1. The van der Waals surface area contributed by atoms with Gasteiger partial charge in [0, 0.05) is 12.6 Å². The summed E-state index contributed by atoms with van der Waals surface area (Å²) in [4.78, 5) is 14.3. The highest BCUT2D eigenvalue weighted by Crippen LogP contribution is 2.36. The van der Waals surface area contributed by atoms with Gasteiger partial charge in [0.25, 0.3) is 0 Å². The van der Waals surface area contributed by atoms with E-state index in [1.54, 1.807) is 0 Å². The fourth-order valence-electron chi connectivity index (χ4n) is 3.87. The number of nitrogens with two attached hydrogens (primary N) is 1. The van der Waals surface area contributed by atoms with Crippen LogP contribution in [-0.4, -0.2) is 42.6 Å². The van der Waals surface area contributed by atoms with Crippen molar-refractivity contribution in [2.24, 2.45) is 5.73 Å². The molecular weight excluding hydrogens is 264 g/mol. The summed E-state index contributed by atoms with van der Waals surface area (Å²) in [7, 11) is 1.42. The second-order valence-corrected chi connectivity index (χ2v) is 6.44. The second-order valence-electron chi connectivity index (χ2n) is 6.44. The van der Waals surface area contributed by atoms with Gasteiger partial charge < -0.3 is 10.5 Å². The van der Waals surface area contributed by atoms with Gasteiger partial charge in [-0.3, -0.25) is 9.69 Å². The first-order valence-electron chi connectivity index (χ1n) is 7.79. The van der Waals surface area contributed by atoms with E-state index >= 15 is 0 Å². The zero-order valence-corrected chi connectivity index (χ0v) is 12.6. The number of esters is 1. The van der Waals surface area contributed by atoms with E-state index in [-0.39, 0.29) is 5.97 Å². The summed E-state index contributed by atoms with van der Waals surface area (Å²) in [5, 5.41) is 0. The van der Waals surface area contributed by atoms with Crippen LogP contribution in [0.25, 0.3) is 0 Å². The number of nitrogens with zero attached hydrogens (tertiary/aromatic N) is 1. The third kappa shape index (κ3) is 2.83. The molecule has 0 bridgehead atoms. The van der Waals surface area contributed by atoms with Crippen molar-refractivity contribution >= 4 is 5.97 Å². The molecule has 2 N–H and O–H groups in total. The van der Waals surface area contributed by atoms with Crippen molar-refractivity contribution in [3.63, 3.8) is 0 Å². The Bertz CT molecular complexity index is 505. The van der Waals surface area contributed by atoms with Crippen molar-refractivity contribution in [3.05, 3.63) is 35.9 Å². The highest BCUT2D eigenvalue weighted by Gasteiger charge is 2.45. The molecule has 1 aliphatic heterocycles. The number of methoxy groups -OCH3 is 1. The van der Waals surface area contributed by atoms with E-state index in [1.165, 1.54) is 19.1 Å². The lowest BCUT2D eigenvalue weighted by atomic mass is 9.98. The maximum Gasteiger partial charge on any atom is 0.325 e. The molecule has 3 atom stereocenters. The van der Waals surface area contributed by atoms with Gasteiger partial charge in [-0.1, -0.05) is 30.3 Å². The molecule has 0 spiro atoms. The van der Waals surface area contributed by atoms with Crippen LogP contribution in [0.5, 0.6) is 0 Å². The molecule has 0 radical (unpaired) electrons. The summed E-state index contributed by atoms with van der Waals surface area (Å²) in [6.45, 7) is 2.17. The molecule has 1 heterocycles. The van der Waals surface area contributed by atoms with E-state index in [0.717, 1.165) is 32.4 Å². The molecule has 4 heteroatoms. The smallest absolute Gasteiger partial charge is 0.325 e. The van der Waals surface area contributed by atoms with Gasteiger partial charge in [0.05, 0.1) is 7.11 Å². The van der Waals surface area contributed by atoms with Crippen LogP contribution in [0.2, 0.25) is 0 Å². The Kier molecular flexibility index (Phi) is 4.00. The van der Waals surface area contributed by atoms with Crippen LogP contribution in [0.3, 0.4) is 0 Å². The third-order valence-electron chi connectivity index (χ3n) is 5.12. The van der Waals surface area contributed by atoms with Crippen LogP contribution in [-0.2, 0) is 9.53 Å². The number of carbonyl (C=O) groups excluding carboxylic acids is 1. The average Bonchev–Trinajstić information content (AvgIpc) is 3.15. The van der Waals surface area contributed by atoms with Crippen LogP contribution in [0.1, 0.15) is 37.2 Å². The van der Waals surface area contributed by atoms with Crippen LogP contribution in [0.4, 0.5) is 0 Å². The zero-order chi connectivity index (χ0) is 14.9. The standard InChI is InChI=1S/C17H24N2O2/c1-21-16(20)17(18)9-7-15(11-17)19-10-8-14(12-19)13-5-3-2-4-6-13/h2-6,14-15H,7-12,18H2,1H3. The summed E-state index contributed by atoms with van der Waals surface area (Å²) in [5.41, 5.74) is 6.86. The summed E-state index contributed by atoms with van der Waals surface area (Å²) in [5.74, 6) is 0.348. The lowest BCUT2D eigenvalue weighted by molar-refractivity contribution is -0.146. The molecule has 1 aromatic carbocycles. The predicted molar refractivity (Wildman–Crippen MR) is 81.9 cm³/mol. The van der Waals surface area contributed by atoms with Gasteiger partial charge in [0.15, 0.2) is 0 Å². The molecule has 1 aromatic rings. The first kappa shape index (κ1) is 14.5. The fraction of sp³-hybridized carbons (Fsp3) is 0.588. The molecular formula is C17H24N2O2. The van der Waals surface area contributed by atoms with E-state index in [9.17, 15) is 4.79 Å². The van der Waals surface area contributed by atoms with E-state index < -0.39 is 5.54 Å². The van der Waals surface area contributed by atoms with Gasteiger partial charge in [0.1, 0.15) is 5.54 Å². The number of hydrogen-bond donors (Lipinski definition) is 1.